The van der Waals surface area contributed by atoms with Crippen LogP contribution >= 0.6 is 0 Å². The third kappa shape index (κ3) is 2.10. The number of hydrogen-bond acceptors (Lipinski definition) is 5. The van der Waals surface area contributed by atoms with Gasteiger partial charge in [0, 0.05) is 12.0 Å². The molecule has 2 heterocycles. The number of nitrogens with one attached hydrogen (secondary N) is 1. The Morgan fingerprint density at radius 1 is 1.58 bits per heavy atom. The summed E-state index contributed by atoms with van der Waals surface area (Å²) >= 11 is 0. The van der Waals surface area contributed by atoms with Gasteiger partial charge in [0.15, 0.2) is 5.65 Å². The van der Waals surface area contributed by atoms with Crippen LogP contribution < -0.4 is 16.2 Å². The second kappa shape index (κ2) is 4.65. The van der Waals surface area contributed by atoms with Gasteiger partial charge >= 0.3 is 5.69 Å². The van der Waals surface area contributed by atoms with Crippen molar-refractivity contribution in [2.45, 2.75) is 32.3 Å². The zero-order valence-corrected chi connectivity index (χ0v) is 10.8. The van der Waals surface area contributed by atoms with Gasteiger partial charge in [-0.3, -0.25) is 0 Å². The Hall–Kier alpha value is -1.89. The molecular weight excluding hydrogens is 246 g/mol. The second-order valence-corrected chi connectivity index (χ2v) is 4.95. The van der Waals surface area contributed by atoms with Crippen molar-refractivity contribution in [3.05, 3.63) is 22.4 Å². The number of aryl methyl sites for hydroxylation is 1. The first-order chi connectivity index (χ1) is 9.19. The fourth-order valence-electron chi connectivity index (χ4n) is 2.71. The third-order valence-electron chi connectivity index (χ3n) is 3.71. The number of H-pyrrole nitrogens is 1. The predicted octanol–water partition coefficient (Wildman–Crippen LogP) is 0.232. The van der Waals surface area contributed by atoms with Crippen molar-refractivity contribution in [3.8, 4) is 5.88 Å². The maximum atomic E-state index is 11.5. The van der Waals surface area contributed by atoms with Gasteiger partial charge in [-0.2, -0.15) is 10.1 Å². The molecule has 2 aromatic heterocycles. The highest BCUT2D eigenvalue weighted by molar-refractivity contribution is 5.40. The Bertz CT molecular complexity index is 647. The van der Waals surface area contributed by atoms with Crippen LogP contribution in [0.5, 0.6) is 5.88 Å². The maximum Gasteiger partial charge on any atom is 0.349 e. The Balaban J connectivity index is 1.91. The standard InChI is InChI=1S/C12H17N5O2/c1-7-14-11(5-10-15-16-12(18)17(7)10)19-9-4-2-3-8(9)6-13/h5,8-9H,2-4,6,13H2,1H3,(H,16,18). The fraction of sp³-hybridized carbons (Fsp3) is 0.583. The van der Waals surface area contributed by atoms with E-state index in [1.165, 1.54) is 4.40 Å². The second-order valence-electron chi connectivity index (χ2n) is 4.95. The summed E-state index contributed by atoms with van der Waals surface area (Å²) in [6.07, 6.45) is 3.35. The largest absolute Gasteiger partial charge is 0.474 e. The van der Waals surface area contributed by atoms with Gasteiger partial charge in [-0.05, 0) is 32.7 Å². The Labute approximate surface area is 109 Å². The number of ether oxygens (including phenoxy) is 1. The Morgan fingerprint density at radius 3 is 3.21 bits per heavy atom. The maximum absolute atomic E-state index is 11.5. The predicted molar refractivity (Wildman–Crippen MR) is 69.2 cm³/mol. The molecule has 1 aliphatic carbocycles. The van der Waals surface area contributed by atoms with Crippen molar-refractivity contribution in [2.24, 2.45) is 11.7 Å². The molecule has 7 heteroatoms. The van der Waals surface area contributed by atoms with Crippen LogP contribution in [0.1, 0.15) is 25.1 Å². The summed E-state index contributed by atoms with van der Waals surface area (Å²) in [4.78, 5) is 15.8. The molecule has 1 aliphatic rings. The molecule has 0 spiro atoms. The van der Waals surface area contributed by atoms with E-state index in [2.05, 4.69) is 15.2 Å². The molecule has 2 unspecified atom stereocenters. The van der Waals surface area contributed by atoms with Crippen LogP contribution in [0.4, 0.5) is 0 Å². The van der Waals surface area contributed by atoms with Gasteiger partial charge in [0.25, 0.3) is 0 Å². The van der Waals surface area contributed by atoms with Gasteiger partial charge in [0.2, 0.25) is 5.88 Å². The van der Waals surface area contributed by atoms with Gasteiger partial charge in [0.1, 0.15) is 11.9 Å². The molecule has 0 amide bonds. The summed E-state index contributed by atoms with van der Waals surface area (Å²) in [6, 6.07) is 1.68. The Morgan fingerprint density at radius 2 is 2.42 bits per heavy atom. The molecule has 0 saturated heterocycles. The summed E-state index contributed by atoms with van der Waals surface area (Å²) in [5, 5.41) is 6.33. The summed E-state index contributed by atoms with van der Waals surface area (Å²) < 4.78 is 7.34. The molecule has 2 atom stereocenters. The van der Waals surface area contributed by atoms with Crippen molar-refractivity contribution in [3.63, 3.8) is 0 Å². The average Bonchev–Trinajstić information content (AvgIpc) is 2.96. The summed E-state index contributed by atoms with van der Waals surface area (Å²) in [5.74, 6) is 1.46. The zero-order valence-electron chi connectivity index (χ0n) is 10.8. The molecule has 3 N–H and O–H groups in total. The van der Waals surface area contributed by atoms with Crippen molar-refractivity contribution in [1.29, 1.82) is 0 Å². The monoisotopic (exact) mass is 263 g/mol. The first-order valence-electron chi connectivity index (χ1n) is 6.50. The molecule has 2 aromatic rings. The van der Waals surface area contributed by atoms with E-state index in [0.717, 1.165) is 19.3 Å². The fourth-order valence-corrected chi connectivity index (χ4v) is 2.71. The average molecular weight is 263 g/mol. The summed E-state index contributed by atoms with van der Waals surface area (Å²) in [6.45, 7) is 2.39. The van der Waals surface area contributed by atoms with Crippen molar-refractivity contribution < 1.29 is 4.74 Å². The van der Waals surface area contributed by atoms with E-state index in [9.17, 15) is 4.79 Å². The number of hydrogen-bond donors (Lipinski definition) is 2. The minimum absolute atomic E-state index is 0.116. The molecule has 1 saturated carbocycles. The van der Waals surface area contributed by atoms with Crippen molar-refractivity contribution >= 4 is 5.65 Å². The summed E-state index contributed by atoms with van der Waals surface area (Å²) in [7, 11) is 0. The van der Waals surface area contributed by atoms with Gasteiger partial charge in [-0.1, -0.05) is 0 Å². The third-order valence-corrected chi connectivity index (χ3v) is 3.71. The lowest BCUT2D eigenvalue weighted by Gasteiger charge is -2.19. The SMILES string of the molecule is Cc1nc(OC2CCCC2CN)cc2n[nH]c(=O)n12. The van der Waals surface area contributed by atoms with Crippen molar-refractivity contribution in [2.75, 3.05) is 6.54 Å². The molecule has 3 rings (SSSR count). The first-order valence-corrected chi connectivity index (χ1v) is 6.50. The summed E-state index contributed by atoms with van der Waals surface area (Å²) in [5.41, 5.74) is 5.98. The quantitative estimate of drug-likeness (QED) is 0.826. The highest BCUT2D eigenvalue weighted by atomic mass is 16.5. The van der Waals surface area contributed by atoms with Gasteiger partial charge in [0.05, 0.1) is 0 Å². The molecule has 0 radical (unpaired) electrons. The lowest BCUT2D eigenvalue weighted by Crippen LogP contribution is -2.28. The normalized spacial score (nSPS) is 23.1. The van der Waals surface area contributed by atoms with Gasteiger partial charge in [-0.25, -0.2) is 14.3 Å². The number of nitrogens with two attached hydrogens (primary N) is 1. The minimum atomic E-state index is -0.285. The molecule has 19 heavy (non-hydrogen) atoms. The van der Waals surface area contributed by atoms with Crippen LogP contribution in [0.25, 0.3) is 5.65 Å². The van der Waals surface area contributed by atoms with E-state index in [1.807, 2.05) is 0 Å². The minimum Gasteiger partial charge on any atom is -0.474 e. The first kappa shape index (κ1) is 12.2. The van der Waals surface area contributed by atoms with Crippen LogP contribution in [0, 0.1) is 12.8 Å². The van der Waals surface area contributed by atoms with Crippen LogP contribution in [-0.4, -0.2) is 32.2 Å². The number of aromatic nitrogens is 4. The lowest BCUT2D eigenvalue weighted by molar-refractivity contribution is 0.155. The number of rotatable bonds is 3. The number of nitrogens with zero attached hydrogens (tertiary/aromatic N) is 3. The van der Waals surface area contributed by atoms with E-state index < -0.39 is 0 Å². The van der Waals surface area contributed by atoms with E-state index in [0.29, 0.717) is 29.8 Å². The van der Waals surface area contributed by atoms with Crippen LogP contribution in [0.2, 0.25) is 0 Å². The topological polar surface area (TPSA) is 98.3 Å². The van der Waals surface area contributed by atoms with Crippen LogP contribution in [0.3, 0.4) is 0 Å². The highest BCUT2D eigenvalue weighted by Gasteiger charge is 2.28. The number of fused-ring (bicyclic) bond motifs is 1. The highest BCUT2D eigenvalue weighted by Crippen LogP contribution is 2.28. The zero-order chi connectivity index (χ0) is 13.4. The molecule has 0 bridgehead atoms. The van der Waals surface area contributed by atoms with Crippen LogP contribution in [-0.2, 0) is 0 Å². The van der Waals surface area contributed by atoms with Crippen LogP contribution in [0.15, 0.2) is 10.9 Å². The molecule has 102 valence electrons. The number of aromatic amines is 1. The van der Waals surface area contributed by atoms with E-state index in [1.54, 1.807) is 13.0 Å². The van der Waals surface area contributed by atoms with E-state index in [4.69, 9.17) is 10.5 Å². The lowest BCUT2D eigenvalue weighted by atomic mass is 10.1. The van der Waals surface area contributed by atoms with Gasteiger partial charge < -0.3 is 10.5 Å². The molecule has 1 fully saturated rings. The smallest absolute Gasteiger partial charge is 0.349 e. The van der Waals surface area contributed by atoms with E-state index >= 15 is 0 Å². The molecule has 7 nitrogen and oxygen atoms in total. The van der Waals surface area contributed by atoms with Gasteiger partial charge in [-0.15, -0.1) is 0 Å². The molecule has 0 aromatic carbocycles. The van der Waals surface area contributed by atoms with E-state index in [-0.39, 0.29) is 11.8 Å². The molecule has 0 aliphatic heterocycles. The Kier molecular flexibility index (Phi) is 2.98. The van der Waals surface area contributed by atoms with Crippen molar-refractivity contribution in [1.82, 2.24) is 19.6 Å². The molecular formula is C12H17N5O2.